The third-order valence-electron chi connectivity index (χ3n) is 4.64. The predicted molar refractivity (Wildman–Crippen MR) is 115 cm³/mol. The zero-order valence-corrected chi connectivity index (χ0v) is 18.5. The second-order valence-corrected chi connectivity index (χ2v) is 8.73. The molecule has 2 amide bonds. The number of nitro groups is 1. The number of carbonyl (C=O) groups excluding carboxylic acids is 2. The van der Waals surface area contributed by atoms with Gasteiger partial charge >= 0.3 is 0 Å². The second-order valence-electron chi connectivity index (χ2n) is 6.61. The van der Waals surface area contributed by atoms with Crippen molar-refractivity contribution >= 4 is 39.1 Å². The van der Waals surface area contributed by atoms with E-state index in [0.717, 1.165) is 0 Å². The summed E-state index contributed by atoms with van der Waals surface area (Å²) in [5, 5.41) is 11.2. The van der Waals surface area contributed by atoms with Crippen LogP contribution in [0.3, 0.4) is 0 Å². The van der Waals surface area contributed by atoms with Gasteiger partial charge in [-0.05, 0) is 50.1 Å². The predicted octanol–water partition coefficient (Wildman–Crippen LogP) is 2.78. The molecule has 0 saturated carbocycles. The van der Waals surface area contributed by atoms with Gasteiger partial charge in [-0.25, -0.2) is 13.1 Å². The van der Waals surface area contributed by atoms with Gasteiger partial charge in [0.1, 0.15) is 5.92 Å². The normalized spacial score (nSPS) is 12.1. The SMILES string of the molecule is CCN(CC)C(=O)C(Cc1ccc([N+](=O)[O-])cc1)C(=O)NS(=O)(=O)c1ccc(Cl)cc1. The van der Waals surface area contributed by atoms with Gasteiger partial charge in [0.15, 0.2) is 0 Å². The number of sulfonamides is 1. The molecule has 0 saturated heterocycles. The van der Waals surface area contributed by atoms with Crippen LogP contribution >= 0.6 is 11.6 Å². The van der Waals surface area contributed by atoms with E-state index in [0.29, 0.717) is 23.7 Å². The quantitative estimate of drug-likeness (QED) is 0.343. The molecule has 166 valence electrons. The Morgan fingerprint density at radius 3 is 2.10 bits per heavy atom. The van der Waals surface area contributed by atoms with Crippen molar-refractivity contribution in [2.24, 2.45) is 5.92 Å². The summed E-state index contributed by atoms with van der Waals surface area (Å²) in [4.78, 5) is 37.3. The molecule has 0 aliphatic rings. The minimum atomic E-state index is -4.22. The number of non-ortho nitro benzene ring substituents is 1. The van der Waals surface area contributed by atoms with Gasteiger partial charge in [-0.15, -0.1) is 0 Å². The molecule has 1 unspecified atom stereocenters. The molecule has 0 aliphatic carbocycles. The lowest BCUT2D eigenvalue weighted by atomic mass is 9.97. The van der Waals surface area contributed by atoms with Crippen molar-refractivity contribution in [2.45, 2.75) is 25.2 Å². The molecule has 0 aromatic heterocycles. The molecule has 31 heavy (non-hydrogen) atoms. The van der Waals surface area contributed by atoms with Gasteiger partial charge in [0.05, 0.1) is 9.82 Å². The smallest absolute Gasteiger partial charge is 0.269 e. The molecular weight excluding hydrogens is 446 g/mol. The van der Waals surface area contributed by atoms with E-state index in [4.69, 9.17) is 11.6 Å². The molecule has 11 heteroatoms. The van der Waals surface area contributed by atoms with E-state index in [-0.39, 0.29) is 17.0 Å². The van der Waals surface area contributed by atoms with Gasteiger partial charge in [0.25, 0.3) is 15.7 Å². The number of benzene rings is 2. The van der Waals surface area contributed by atoms with E-state index in [9.17, 15) is 28.1 Å². The lowest BCUT2D eigenvalue weighted by Gasteiger charge is -2.24. The fraction of sp³-hybridized carbons (Fsp3) is 0.300. The van der Waals surface area contributed by atoms with Crippen LogP contribution < -0.4 is 4.72 Å². The summed E-state index contributed by atoms with van der Waals surface area (Å²) in [6.45, 7) is 4.16. The summed E-state index contributed by atoms with van der Waals surface area (Å²) in [6, 6.07) is 10.6. The van der Waals surface area contributed by atoms with Gasteiger partial charge in [-0.1, -0.05) is 23.7 Å². The van der Waals surface area contributed by atoms with Gasteiger partial charge in [-0.2, -0.15) is 0 Å². The van der Waals surface area contributed by atoms with E-state index in [1.54, 1.807) is 13.8 Å². The highest BCUT2D eigenvalue weighted by Crippen LogP contribution is 2.19. The third kappa shape index (κ3) is 6.25. The maximum atomic E-state index is 12.9. The lowest BCUT2D eigenvalue weighted by molar-refractivity contribution is -0.384. The zero-order chi connectivity index (χ0) is 23.2. The van der Waals surface area contributed by atoms with E-state index >= 15 is 0 Å². The van der Waals surface area contributed by atoms with Crippen LogP contribution in [0.25, 0.3) is 0 Å². The molecular formula is C20H22ClN3O6S. The van der Waals surface area contributed by atoms with Crippen LogP contribution in [-0.4, -0.2) is 43.1 Å². The fourth-order valence-corrected chi connectivity index (χ4v) is 4.06. The lowest BCUT2D eigenvalue weighted by Crippen LogP contribution is -2.46. The maximum Gasteiger partial charge on any atom is 0.269 e. The van der Waals surface area contributed by atoms with E-state index in [1.165, 1.54) is 53.4 Å². The first kappa shape index (κ1) is 24.3. The Kier molecular flexibility index (Phi) is 8.12. The summed E-state index contributed by atoms with van der Waals surface area (Å²) in [6.07, 6.45) is -0.116. The average Bonchev–Trinajstić information content (AvgIpc) is 2.73. The van der Waals surface area contributed by atoms with E-state index in [1.807, 2.05) is 4.72 Å². The fourth-order valence-electron chi connectivity index (χ4n) is 2.91. The van der Waals surface area contributed by atoms with Crippen molar-refractivity contribution < 1.29 is 22.9 Å². The van der Waals surface area contributed by atoms with Crippen molar-refractivity contribution in [3.63, 3.8) is 0 Å². The van der Waals surface area contributed by atoms with Crippen LogP contribution in [0.4, 0.5) is 5.69 Å². The van der Waals surface area contributed by atoms with Crippen LogP contribution in [0.15, 0.2) is 53.4 Å². The Balaban J connectivity index is 2.32. The number of hydrogen-bond donors (Lipinski definition) is 1. The monoisotopic (exact) mass is 467 g/mol. The zero-order valence-electron chi connectivity index (χ0n) is 16.9. The molecule has 0 spiro atoms. The Labute approximate surface area is 185 Å². The molecule has 0 aliphatic heterocycles. The van der Waals surface area contributed by atoms with Crippen molar-refractivity contribution in [3.05, 3.63) is 69.2 Å². The van der Waals surface area contributed by atoms with Crippen LogP contribution in [0.5, 0.6) is 0 Å². The summed E-state index contributed by atoms with van der Waals surface area (Å²) in [7, 11) is -4.22. The largest absolute Gasteiger partial charge is 0.343 e. The highest BCUT2D eigenvalue weighted by Gasteiger charge is 2.33. The number of nitro benzene ring substituents is 1. The Morgan fingerprint density at radius 2 is 1.61 bits per heavy atom. The molecule has 0 radical (unpaired) electrons. The molecule has 1 N–H and O–H groups in total. The van der Waals surface area contributed by atoms with E-state index < -0.39 is 32.7 Å². The van der Waals surface area contributed by atoms with Gasteiger partial charge in [0, 0.05) is 30.2 Å². The van der Waals surface area contributed by atoms with Crippen LogP contribution in [0, 0.1) is 16.0 Å². The Morgan fingerprint density at radius 1 is 1.06 bits per heavy atom. The van der Waals surface area contributed by atoms with Crippen molar-refractivity contribution in [3.8, 4) is 0 Å². The van der Waals surface area contributed by atoms with E-state index in [2.05, 4.69) is 0 Å². The molecule has 0 bridgehead atoms. The van der Waals surface area contributed by atoms with Crippen LogP contribution in [0.2, 0.25) is 5.02 Å². The molecule has 2 aromatic carbocycles. The molecule has 2 rings (SSSR count). The number of rotatable bonds is 9. The summed E-state index contributed by atoms with van der Waals surface area (Å²) >= 11 is 5.77. The highest BCUT2D eigenvalue weighted by molar-refractivity contribution is 7.90. The summed E-state index contributed by atoms with van der Waals surface area (Å²) in [5.74, 6) is -2.85. The van der Waals surface area contributed by atoms with Crippen molar-refractivity contribution in [2.75, 3.05) is 13.1 Å². The number of halogens is 1. The van der Waals surface area contributed by atoms with Crippen molar-refractivity contribution in [1.82, 2.24) is 9.62 Å². The molecule has 0 fully saturated rings. The van der Waals surface area contributed by atoms with Gasteiger partial charge < -0.3 is 4.90 Å². The maximum absolute atomic E-state index is 12.9. The Bertz CT molecular complexity index is 1050. The summed E-state index contributed by atoms with van der Waals surface area (Å²) in [5.41, 5.74) is 0.347. The number of amides is 2. The first-order chi connectivity index (χ1) is 14.6. The van der Waals surface area contributed by atoms with Gasteiger partial charge in [-0.3, -0.25) is 19.7 Å². The number of nitrogens with zero attached hydrogens (tertiary/aromatic N) is 2. The number of hydrogen-bond acceptors (Lipinski definition) is 6. The van der Waals surface area contributed by atoms with Crippen LogP contribution in [0.1, 0.15) is 19.4 Å². The standard InChI is InChI=1S/C20H22ClN3O6S/c1-3-23(4-2)20(26)18(13-14-5-9-16(10-6-14)24(27)28)19(25)22-31(29,30)17-11-7-15(21)8-12-17/h5-12,18H,3-4,13H2,1-2H3,(H,22,25). The average molecular weight is 468 g/mol. The van der Waals surface area contributed by atoms with Crippen LogP contribution in [-0.2, 0) is 26.0 Å². The third-order valence-corrected chi connectivity index (χ3v) is 6.25. The highest BCUT2D eigenvalue weighted by atomic mass is 35.5. The molecule has 0 heterocycles. The first-order valence-electron chi connectivity index (χ1n) is 9.43. The van der Waals surface area contributed by atoms with Crippen molar-refractivity contribution in [1.29, 1.82) is 0 Å². The number of carbonyl (C=O) groups is 2. The molecule has 9 nitrogen and oxygen atoms in total. The second kappa shape index (κ2) is 10.4. The molecule has 2 aromatic rings. The van der Waals surface area contributed by atoms with Gasteiger partial charge in [0.2, 0.25) is 11.8 Å². The first-order valence-corrected chi connectivity index (χ1v) is 11.3. The Hall–Kier alpha value is -2.98. The minimum Gasteiger partial charge on any atom is -0.343 e. The molecule has 1 atom stereocenters. The minimum absolute atomic E-state index is 0.116. The topological polar surface area (TPSA) is 127 Å². The summed E-state index contributed by atoms with van der Waals surface area (Å²) < 4.78 is 27.1. The number of nitrogens with one attached hydrogen (secondary N) is 1.